The predicted octanol–water partition coefficient (Wildman–Crippen LogP) is 1.31. The van der Waals surface area contributed by atoms with E-state index in [0.717, 1.165) is 44.1 Å². The minimum atomic E-state index is -0.0331. The molecule has 2 aliphatic rings. The van der Waals surface area contributed by atoms with Gasteiger partial charge in [-0.2, -0.15) is 4.98 Å². The molecule has 1 saturated heterocycles. The second-order valence-electron chi connectivity index (χ2n) is 6.55. The summed E-state index contributed by atoms with van der Waals surface area (Å²) in [7, 11) is 0. The number of ether oxygens (including phenoxy) is 1. The second kappa shape index (κ2) is 6.01. The summed E-state index contributed by atoms with van der Waals surface area (Å²) < 4.78 is 10.9. The monoisotopic (exact) mass is 331 g/mol. The molecule has 1 unspecified atom stereocenters. The Labute approximate surface area is 139 Å². The van der Waals surface area contributed by atoms with Crippen LogP contribution in [0.3, 0.4) is 0 Å². The number of anilines is 1. The molecule has 1 aliphatic carbocycles. The number of aliphatic hydroxyl groups excluding tert-OH is 1. The Morgan fingerprint density at radius 3 is 2.88 bits per heavy atom. The molecule has 3 heterocycles. The summed E-state index contributed by atoms with van der Waals surface area (Å²) >= 11 is 0. The van der Waals surface area contributed by atoms with Crippen LogP contribution in [0.4, 0.5) is 5.82 Å². The molecular weight excluding hydrogens is 310 g/mol. The lowest BCUT2D eigenvalue weighted by Gasteiger charge is -2.33. The highest BCUT2D eigenvalue weighted by atomic mass is 16.5. The molecule has 2 fully saturated rings. The third-order valence-electron chi connectivity index (χ3n) is 5.05. The summed E-state index contributed by atoms with van der Waals surface area (Å²) in [4.78, 5) is 10.9. The first kappa shape index (κ1) is 15.3. The summed E-state index contributed by atoms with van der Waals surface area (Å²) in [6, 6.07) is 0. The quantitative estimate of drug-likeness (QED) is 0.876. The van der Waals surface area contributed by atoms with Gasteiger partial charge >= 0.3 is 0 Å². The second-order valence-corrected chi connectivity index (χ2v) is 6.55. The summed E-state index contributed by atoms with van der Waals surface area (Å²) in [5, 5.41) is 17.0. The molecule has 1 spiro atoms. The van der Waals surface area contributed by atoms with Crippen molar-refractivity contribution in [2.75, 3.05) is 31.2 Å². The van der Waals surface area contributed by atoms with E-state index in [-0.39, 0.29) is 13.2 Å². The van der Waals surface area contributed by atoms with Gasteiger partial charge in [0.25, 0.3) is 0 Å². The average Bonchev–Trinajstić information content (AvgIpc) is 3.12. The van der Waals surface area contributed by atoms with Crippen LogP contribution in [0.2, 0.25) is 0 Å². The van der Waals surface area contributed by atoms with Gasteiger partial charge < -0.3 is 19.2 Å². The van der Waals surface area contributed by atoms with Crippen LogP contribution < -0.4 is 9.64 Å². The van der Waals surface area contributed by atoms with E-state index in [1.165, 1.54) is 0 Å². The zero-order chi connectivity index (χ0) is 16.6. The lowest BCUT2D eigenvalue weighted by molar-refractivity contribution is 0.196. The van der Waals surface area contributed by atoms with Gasteiger partial charge in [0.15, 0.2) is 5.82 Å². The number of aryl methyl sites for hydroxylation is 1. The van der Waals surface area contributed by atoms with E-state index in [4.69, 9.17) is 14.3 Å². The topological polar surface area (TPSA) is 97.4 Å². The maximum Gasteiger partial charge on any atom is 0.234 e. The molecule has 24 heavy (non-hydrogen) atoms. The van der Waals surface area contributed by atoms with Gasteiger partial charge in [-0.25, -0.2) is 0 Å². The number of hydrogen-bond donors (Lipinski definition) is 1. The Morgan fingerprint density at radius 1 is 1.33 bits per heavy atom. The van der Waals surface area contributed by atoms with E-state index < -0.39 is 0 Å². The maximum absolute atomic E-state index is 8.83. The van der Waals surface area contributed by atoms with Crippen molar-refractivity contribution in [2.45, 2.75) is 32.1 Å². The molecule has 2 aromatic rings. The molecule has 1 aliphatic heterocycles. The molecular formula is C16H21N5O3. The molecule has 0 aromatic carbocycles. The highest BCUT2D eigenvalue weighted by molar-refractivity contribution is 5.39. The summed E-state index contributed by atoms with van der Waals surface area (Å²) in [6.07, 6.45) is 6.63. The fraction of sp³-hybridized carbons (Fsp3) is 0.625. The Morgan fingerprint density at radius 2 is 2.17 bits per heavy atom. The molecule has 128 valence electrons. The van der Waals surface area contributed by atoms with Crippen LogP contribution in [0.25, 0.3) is 0 Å². The zero-order valence-corrected chi connectivity index (χ0v) is 13.7. The number of nitrogens with zero attached hydrogens (tertiary/aromatic N) is 5. The predicted molar refractivity (Wildman–Crippen MR) is 84.9 cm³/mol. The smallest absolute Gasteiger partial charge is 0.234 e. The molecule has 1 saturated carbocycles. The molecule has 8 nitrogen and oxygen atoms in total. The van der Waals surface area contributed by atoms with Crippen LogP contribution >= 0.6 is 0 Å². The average molecular weight is 331 g/mol. The number of aliphatic hydroxyl groups is 1. The van der Waals surface area contributed by atoms with Crippen molar-refractivity contribution in [3.63, 3.8) is 0 Å². The van der Waals surface area contributed by atoms with E-state index in [1.807, 2.05) is 6.92 Å². The fourth-order valence-corrected chi connectivity index (χ4v) is 3.59. The third-order valence-corrected chi connectivity index (χ3v) is 5.05. The molecule has 4 rings (SSSR count). The number of piperidine rings is 1. The van der Waals surface area contributed by atoms with E-state index >= 15 is 0 Å². The van der Waals surface area contributed by atoms with Crippen molar-refractivity contribution in [1.82, 2.24) is 20.2 Å². The Bertz CT molecular complexity index is 711. The number of hydrogen-bond acceptors (Lipinski definition) is 8. The van der Waals surface area contributed by atoms with Gasteiger partial charge in [-0.1, -0.05) is 0 Å². The van der Waals surface area contributed by atoms with Gasteiger partial charge in [0.1, 0.15) is 6.61 Å². The SMILES string of the molecule is Cc1nnc(C2CC23CCN(c2cncc(OCCO)n2)CC3)o1. The highest BCUT2D eigenvalue weighted by Crippen LogP contribution is 2.64. The van der Waals surface area contributed by atoms with E-state index in [9.17, 15) is 0 Å². The van der Waals surface area contributed by atoms with Crippen LogP contribution in [-0.4, -0.2) is 51.6 Å². The lowest BCUT2D eigenvalue weighted by Crippen LogP contribution is -2.35. The Balaban J connectivity index is 1.38. The van der Waals surface area contributed by atoms with Crippen LogP contribution in [0.15, 0.2) is 16.8 Å². The molecule has 0 radical (unpaired) electrons. The number of rotatable bonds is 5. The minimum absolute atomic E-state index is 0.0331. The standard InChI is InChI=1S/C16H21N5O3/c1-11-19-20-15(24-11)12-8-16(12)2-4-21(5-3-16)13-9-17-10-14(18-13)23-7-6-22/h9-10,12,22H,2-8H2,1H3. The van der Waals surface area contributed by atoms with Gasteiger partial charge in [-0.05, 0) is 24.7 Å². The van der Waals surface area contributed by atoms with Gasteiger partial charge in [-0.15, -0.1) is 10.2 Å². The van der Waals surface area contributed by atoms with Crippen LogP contribution in [0, 0.1) is 12.3 Å². The van der Waals surface area contributed by atoms with E-state index in [1.54, 1.807) is 12.4 Å². The first-order chi connectivity index (χ1) is 11.7. The van der Waals surface area contributed by atoms with Crippen molar-refractivity contribution in [3.05, 3.63) is 24.2 Å². The fourth-order valence-electron chi connectivity index (χ4n) is 3.59. The van der Waals surface area contributed by atoms with Crippen LogP contribution in [0.5, 0.6) is 5.88 Å². The van der Waals surface area contributed by atoms with Crippen molar-refractivity contribution in [3.8, 4) is 5.88 Å². The highest BCUT2D eigenvalue weighted by Gasteiger charge is 2.58. The first-order valence-electron chi connectivity index (χ1n) is 8.31. The van der Waals surface area contributed by atoms with Gasteiger partial charge in [-0.3, -0.25) is 4.98 Å². The van der Waals surface area contributed by atoms with Crippen molar-refractivity contribution in [2.24, 2.45) is 5.41 Å². The molecule has 2 aromatic heterocycles. The number of aromatic nitrogens is 4. The Hall–Kier alpha value is -2.22. The summed E-state index contributed by atoms with van der Waals surface area (Å²) in [5.41, 5.74) is 0.313. The minimum Gasteiger partial charge on any atom is -0.474 e. The van der Waals surface area contributed by atoms with E-state index in [0.29, 0.717) is 23.1 Å². The largest absolute Gasteiger partial charge is 0.474 e. The first-order valence-corrected chi connectivity index (χ1v) is 8.31. The zero-order valence-electron chi connectivity index (χ0n) is 13.7. The maximum atomic E-state index is 8.83. The van der Waals surface area contributed by atoms with Gasteiger partial charge in [0.2, 0.25) is 17.7 Å². The normalized spacial score (nSPS) is 21.9. The van der Waals surface area contributed by atoms with E-state index in [2.05, 4.69) is 25.1 Å². The van der Waals surface area contributed by atoms with Crippen LogP contribution in [-0.2, 0) is 0 Å². The van der Waals surface area contributed by atoms with Crippen molar-refractivity contribution < 1.29 is 14.3 Å². The summed E-state index contributed by atoms with van der Waals surface area (Å²) in [6.45, 7) is 3.89. The van der Waals surface area contributed by atoms with Crippen molar-refractivity contribution in [1.29, 1.82) is 0 Å². The van der Waals surface area contributed by atoms with Crippen LogP contribution in [0.1, 0.15) is 37.0 Å². The molecule has 8 heteroatoms. The lowest BCUT2D eigenvalue weighted by atomic mass is 9.91. The van der Waals surface area contributed by atoms with Gasteiger partial charge in [0, 0.05) is 25.9 Å². The Kier molecular flexibility index (Phi) is 3.84. The third kappa shape index (κ3) is 2.82. The molecule has 1 N–H and O–H groups in total. The molecule has 1 atom stereocenters. The van der Waals surface area contributed by atoms with Gasteiger partial charge in [0.05, 0.1) is 19.0 Å². The molecule has 0 bridgehead atoms. The summed E-state index contributed by atoms with van der Waals surface area (Å²) in [5.74, 6) is 3.12. The van der Waals surface area contributed by atoms with Crippen molar-refractivity contribution >= 4 is 5.82 Å². The molecule has 0 amide bonds.